The van der Waals surface area contributed by atoms with Crippen molar-refractivity contribution in [3.05, 3.63) is 65.4 Å². The SMILES string of the molecule is CCn1c(C)c(C(C)S(=O)(=O)c2ccc(C)cc2)c2ccccc21. The van der Waals surface area contributed by atoms with Gasteiger partial charge in [-0.2, -0.15) is 0 Å². The average molecular weight is 341 g/mol. The molecule has 24 heavy (non-hydrogen) atoms. The van der Waals surface area contributed by atoms with Crippen LogP contribution in [0.1, 0.15) is 35.9 Å². The van der Waals surface area contributed by atoms with E-state index < -0.39 is 15.1 Å². The number of hydrogen-bond acceptors (Lipinski definition) is 2. The molecule has 1 atom stereocenters. The van der Waals surface area contributed by atoms with Crippen LogP contribution in [-0.4, -0.2) is 13.0 Å². The number of nitrogens with zero attached hydrogens (tertiary/aromatic N) is 1. The largest absolute Gasteiger partial charge is 0.345 e. The van der Waals surface area contributed by atoms with E-state index in [1.165, 1.54) is 0 Å². The second-order valence-electron chi connectivity index (χ2n) is 6.26. The lowest BCUT2D eigenvalue weighted by atomic mass is 10.1. The van der Waals surface area contributed by atoms with E-state index in [0.29, 0.717) is 4.90 Å². The minimum atomic E-state index is -3.43. The minimum absolute atomic E-state index is 0.383. The standard InChI is InChI=1S/C20H23NO2S/c1-5-21-15(3)20(18-8-6-7-9-19(18)21)16(4)24(22,23)17-12-10-14(2)11-13-17/h6-13,16H,5H2,1-4H3. The van der Waals surface area contributed by atoms with Gasteiger partial charge in [0.1, 0.15) is 0 Å². The van der Waals surface area contributed by atoms with Gasteiger partial charge in [0.25, 0.3) is 0 Å². The highest BCUT2D eigenvalue weighted by molar-refractivity contribution is 7.91. The molecule has 0 aliphatic heterocycles. The van der Waals surface area contributed by atoms with Gasteiger partial charge in [0.15, 0.2) is 9.84 Å². The van der Waals surface area contributed by atoms with Crippen LogP contribution in [0.25, 0.3) is 10.9 Å². The molecule has 0 amide bonds. The number of aromatic nitrogens is 1. The van der Waals surface area contributed by atoms with Crippen molar-refractivity contribution in [1.29, 1.82) is 0 Å². The summed E-state index contributed by atoms with van der Waals surface area (Å²) < 4.78 is 28.4. The van der Waals surface area contributed by atoms with Crippen molar-refractivity contribution >= 4 is 20.7 Å². The third-order valence-electron chi connectivity index (χ3n) is 4.82. The number of hydrogen-bond donors (Lipinski definition) is 0. The maximum absolute atomic E-state index is 13.1. The van der Waals surface area contributed by atoms with Crippen LogP contribution in [0.2, 0.25) is 0 Å². The topological polar surface area (TPSA) is 39.1 Å². The molecule has 0 spiro atoms. The molecule has 3 rings (SSSR count). The molecule has 0 N–H and O–H groups in total. The van der Waals surface area contributed by atoms with Gasteiger partial charge in [0.2, 0.25) is 0 Å². The van der Waals surface area contributed by atoms with Crippen molar-refractivity contribution in [3.63, 3.8) is 0 Å². The summed E-state index contributed by atoms with van der Waals surface area (Å²) in [6.07, 6.45) is 0. The maximum Gasteiger partial charge on any atom is 0.185 e. The van der Waals surface area contributed by atoms with Crippen LogP contribution in [0.15, 0.2) is 53.4 Å². The minimum Gasteiger partial charge on any atom is -0.345 e. The number of rotatable bonds is 4. The Morgan fingerprint density at radius 3 is 2.25 bits per heavy atom. The Morgan fingerprint density at radius 1 is 1.00 bits per heavy atom. The van der Waals surface area contributed by atoms with Gasteiger partial charge in [-0.3, -0.25) is 0 Å². The summed E-state index contributed by atoms with van der Waals surface area (Å²) in [6, 6.07) is 15.1. The number of sulfone groups is 1. The van der Waals surface area contributed by atoms with E-state index in [-0.39, 0.29) is 0 Å². The van der Waals surface area contributed by atoms with Crippen LogP contribution in [0.3, 0.4) is 0 Å². The highest BCUT2D eigenvalue weighted by Gasteiger charge is 2.29. The van der Waals surface area contributed by atoms with Crippen molar-refractivity contribution < 1.29 is 8.42 Å². The maximum atomic E-state index is 13.1. The van der Waals surface area contributed by atoms with Gasteiger partial charge in [-0.15, -0.1) is 0 Å². The first-order chi connectivity index (χ1) is 11.4. The lowest BCUT2D eigenvalue weighted by Gasteiger charge is -2.15. The fraction of sp³-hybridized carbons (Fsp3) is 0.300. The quantitative estimate of drug-likeness (QED) is 0.683. The molecule has 0 fully saturated rings. The molecule has 126 valence electrons. The van der Waals surface area contributed by atoms with E-state index >= 15 is 0 Å². The van der Waals surface area contributed by atoms with Crippen molar-refractivity contribution in [2.24, 2.45) is 0 Å². The summed E-state index contributed by atoms with van der Waals surface area (Å²) in [6.45, 7) is 8.68. The van der Waals surface area contributed by atoms with E-state index in [1.807, 2.05) is 44.2 Å². The molecule has 2 aromatic carbocycles. The zero-order valence-electron chi connectivity index (χ0n) is 14.6. The summed E-state index contributed by atoms with van der Waals surface area (Å²) >= 11 is 0. The Balaban J connectivity index is 2.20. The Bertz CT molecular complexity index is 982. The Morgan fingerprint density at radius 2 is 1.62 bits per heavy atom. The second-order valence-corrected chi connectivity index (χ2v) is 8.53. The normalized spacial score (nSPS) is 13.3. The predicted octanol–water partition coefficient (Wildman–Crippen LogP) is 4.81. The summed E-state index contributed by atoms with van der Waals surface area (Å²) in [5.41, 5.74) is 4.09. The van der Waals surface area contributed by atoms with Crippen LogP contribution in [0.4, 0.5) is 0 Å². The van der Waals surface area contributed by atoms with Gasteiger partial charge in [0.05, 0.1) is 10.1 Å². The van der Waals surface area contributed by atoms with E-state index in [0.717, 1.165) is 34.3 Å². The van der Waals surface area contributed by atoms with Crippen molar-refractivity contribution in [2.75, 3.05) is 0 Å². The van der Waals surface area contributed by atoms with E-state index in [2.05, 4.69) is 17.6 Å². The molecule has 0 radical (unpaired) electrons. The first kappa shape index (κ1) is 16.8. The molecule has 0 aliphatic rings. The van der Waals surface area contributed by atoms with Crippen LogP contribution >= 0.6 is 0 Å². The molecule has 1 unspecified atom stereocenters. The summed E-state index contributed by atoms with van der Waals surface area (Å²) in [5.74, 6) is 0. The highest BCUT2D eigenvalue weighted by Crippen LogP contribution is 2.37. The zero-order chi connectivity index (χ0) is 17.5. The lowest BCUT2D eigenvalue weighted by Crippen LogP contribution is -2.12. The molecule has 0 saturated carbocycles. The fourth-order valence-electron chi connectivity index (χ4n) is 3.47. The second kappa shape index (κ2) is 6.10. The summed E-state index contributed by atoms with van der Waals surface area (Å²) in [7, 11) is -3.43. The van der Waals surface area contributed by atoms with Crippen molar-refractivity contribution in [3.8, 4) is 0 Å². The lowest BCUT2D eigenvalue weighted by molar-refractivity contribution is 0.585. The predicted molar refractivity (Wildman–Crippen MR) is 99.1 cm³/mol. The molecule has 0 saturated heterocycles. The zero-order valence-corrected chi connectivity index (χ0v) is 15.4. The third-order valence-corrected chi connectivity index (χ3v) is 6.91. The number of benzene rings is 2. The van der Waals surface area contributed by atoms with E-state index in [9.17, 15) is 8.42 Å². The van der Waals surface area contributed by atoms with Gasteiger partial charge >= 0.3 is 0 Å². The van der Waals surface area contributed by atoms with Gasteiger partial charge in [0, 0.05) is 23.1 Å². The highest BCUT2D eigenvalue weighted by atomic mass is 32.2. The number of fused-ring (bicyclic) bond motifs is 1. The molecule has 1 heterocycles. The summed E-state index contributed by atoms with van der Waals surface area (Å²) in [4.78, 5) is 0.383. The third kappa shape index (κ3) is 2.55. The van der Waals surface area contributed by atoms with Crippen molar-refractivity contribution in [2.45, 2.75) is 44.4 Å². The first-order valence-corrected chi connectivity index (χ1v) is 9.80. The Kier molecular flexibility index (Phi) is 4.26. The van der Waals surface area contributed by atoms with Gasteiger partial charge in [-0.05, 0) is 51.5 Å². The molecule has 4 heteroatoms. The first-order valence-electron chi connectivity index (χ1n) is 8.26. The molecule has 3 aromatic rings. The number of para-hydroxylation sites is 1. The van der Waals surface area contributed by atoms with Gasteiger partial charge in [-0.25, -0.2) is 8.42 Å². The molecular formula is C20H23NO2S. The molecular weight excluding hydrogens is 318 g/mol. The number of aryl methyl sites for hydroxylation is 2. The molecule has 0 aliphatic carbocycles. The Hall–Kier alpha value is -2.07. The van der Waals surface area contributed by atoms with Crippen LogP contribution in [0, 0.1) is 13.8 Å². The van der Waals surface area contributed by atoms with Gasteiger partial charge in [-0.1, -0.05) is 35.9 Å². The smallest absolute Gasteiger partial charge is 0.185 e. The molecule has 3 nitrogen and oxygen atoms in total. The molecule has 0 bridgehead atoms. The van der Waals surface area contributed by atoms with E-state index in [4.69, 9.17) is 0 Å². The summed E-state index contributed by atoms with van der Waals surface area (Å²) in [5, 5.41) is 0.443. The fourth-order valence-corrected chi connectivity index (χ4v) is 5.00. The monoisotopic (exact) mass is 341 g/mol. The average Bonchev–Trinajstić information content (AvgIpc) is 2.85. The van der Waals surface area contributed by atoms with Crippen LogP contribution in [0.5, 0.6) is 0 Å². The van der Waals surface area contributed by atoms with E-state index in [1.54, 1.807) is 19.1 Å². The van der Waals surface area contributed by atoms with Crippen LogP contribution < -0.4 is 0 Å². The molecule has 1 aromatic heterocycles. The van der Waals surface area contributed by atoms with Crippen LogP contribution in [-0.2, 0) is 16.4 Å². The Labute approximate surface area is 143 Å². The van der Waals surface area contributed by atoms with Gasteiger partial charge < -0.3 is 4.57 Å². The van der Waals surface area contributed by atoms with Crippen molar-refractivity contribution in [1.82, 2.24) is 4.57 Å².